The van der Waals surface area contributed by atoms with Crippen LogP contribution in [0.2, 0.25) is 0 Å². The van der Waals surface area contributed by atoms with Crippen molar-refractivity contribution in [3.8, 4) is 0 Å². The van der Waals surface area contributed by atoms with Crippen molar-refractivity contribution in [2.45, 2.75) is 32.7 Å². The van der Waals surface area contributed by atoms with Crippen LogP contribution < -0.4 is 4.90 Å². The van der Waals surface area contributed by atoms with Gasteiger partial charge in [-0.1, -0.05) is 19.9 Å². The van der Waals surface area contributed by atoms with E-state index in [-0.39, 0.29) is 23.0 Å². The lowest BCUT2D eigenvalue weighted by molar-refractivity contribution is -0.384. The molecular weight excluding hydrogens is 260 g/mol. The number of benzene rings is 1. The molecule has 1 aliphatic carbocycles. The Kier molecular flexibility index (Phi) is 3.92. The summed E-state index contributed by atoms with van der Waals surface area (Å²) in [5, 5.41) is 20.5. The average Bonchev–Trinajstić information content (AvgIpc) is 3.18. The van der Waals surface area contributed by atoms with Crippen molar-refractivity contribution in [2.24, 2.45) is 5.92 Å². The SMILES string of the molecule is CC(C)CN(c1c(C(=O)O)cccc1[N+](=O)[O-])C1CC1. The topological polar surface area (TPSA) is 83.7 Å². The lowest BCUT2D eigenvalue weighted by Gasteiger charge is -2.27. The molecule has 0 amide bonds. The van der Waals surface area contributed by atoms with Crippen LogP contribution in [-0.2, 0) is 0 Å². The van der Waals surface area contributed by atoms with Crippen molar-refractivity contribution in [3.63, 3.8) is 0 Å². The first-order chi connectivity index (χ1) is 9.41. The van der Waals surface area contributed by atoms with Gasteiger partial charge in [0.25, 0.3) is 5.69 Å². The van der Waals surface area contributed by atoms with E-state index < -0.39 is 10.9 Å². The van der Waals surface area contributed by atoms with Gasteiger partial charge in [-0.05, 0) is 24.8 Å². The summed E-state index contributed by atoms with van der Waals surface area (Å²) in [5.41, 5.74) is 0.130. The molecule has 1 N–H and O–H groups in total. The summed E-state index contributed by atoms with van der Waals surface area (Å²) in [6.45, 7) is 4.66. The van der Waals surface area contributed by atoms with Crippen LogP contribution >= 0.6 is 0 Å². The molecule has 1 fully saturated rings. The van der Waals surface area contributed by atoms with E-state index in [1.54, 1.807) is 0 Å². The number of anilines is 1. The van der Waals surface area contributed by atoms with Crippen molar-refractivity contribution in [2.75, 3.05) is 11.4 Å². The van der Waals surface area contributed by atoms with E-state index >= 15 is 0 Å². The maximum Gasteiger partial charge on any atom is 0.338 e. The predicted octanol–water partition coefficient (Wildman–Crippen LogP) is 2.92. The van der Waals surface area contributed by atoms with E-state index in [0.29, 0.717) is 12.5 Å². The highest BCUT2D eigenvalue weighted by molar-refractivity contribution is 5.97. The summed E-state index contributed by atoms with van der Waals surface area (Å²) in [4.78, 5) is 24.0. The molecule has 0 unspecified atom stereocenters. The Hall–Kier alpha value is -2.11. The molecule has 0 aliphatic heterocycles. The van der Waals surface area contributed by atoms with Gasteiger partial charge in [-0.25, -0.2) is 4.79 Å². The Morgan fingerprint density at radius 2 is 2.15 bits per heavy atom. The molecule has 2 rings (SSSR count). The summed E-state index contributed by atoms with van der Waals surface area (Å²) in [6.07, 6.45) is 1.91. The Balaban J connectivity index is 2.55. The molecule has 1 aromatic rings. The number of hydrogen-bond acceptors (Lipinski definition) is 4. The second-order valence-electron chi connectivity index (χ2n) is 5.51. The Morgan fingerprint density at radius 3 is 2.60 bits per heavy atom. The number of nitro benzene ring substituents is 1. The Morgan fingerprint density at radius 1 is 1.50 bits per heavy atom. The van der Waals surface area contributed by atoms with E-state index in [4.69, 9.17) is 0 Å². The van der Waals surface area contributed by atoms with Crippen LogP contribution in [-0.4, -0.2) is 28.6 Å². The number of nitro groups is 1. The lowest BCUT2D eigenvalue weighted by Crippen LogP contribution is -2.32. The molecule has 20 heavy (non-hydrogen) atoms. The van der Waals surface area contributed by atoms with E-state index in [1.807, 2.05) is 18.7 Å². The minimum Gasteiger partial charge on any atom is -0.478 e. The fraction of sp³-hybridized carbons (Fsp3) is 0.500. The summed E-state index contributed by atoms with van der Waals surface area (Å²) in [7, 11) is 0. The van der Waals surface area contributed by atoms with Gasteiger partial charge < -0.3 is 10.0 Å². The molecule has 0 atom stereocenters. The van der Waals surface area contributed by atoms with Gasteiger partial charge in [0.1, 0.15) is 5.69 Å². The van der Waals surface area contributed by atoms with Crippen molar-refractivity contribution >= 4 is 17.3 Å². The zero-order valence-electron chi connectivity index (χ0n) is 11.6. The van der Waals surface area contributed by atoms with E-state index in [1.165, 1.54) is 18.2 Å². The van der Waals surface area contributed by atoms with Gasteiger partial charge in [0.15, 0.2) is 0 Å². The van der Waals surface area contributed by atoms with Gasteiger partial charge in [-0.3, -0.25) is 10.1 Å². The lowest BCUT2D eigenvalue weighted by atomic mass is 10.1. The van der Waals surface area contributed by atoms with Crippen molar-refractivity contribution in [1.82, 2.24) is 0 Å². The van der Waals surface area contributed by atoms with Crippen molar-refractivity contribution in [3.05, 3.63) is 33.9 Å². The molecule has 1 aliphatic rings. The second kappa shape index (κ2) is 5.48. The average molecular weight is 278 g/mol. The third-order valence-corrected chi connectivity index (χ3v) is 3.28. The molecule has 0 spiro atoms. The molecule has 108 valence electrons. The smallest absolute Gasteiger partial charge is 0.338 e. The van der Waals surface area contributed by atoms with Gasteiger partial charge in [0.2, 0.25) is 0 Å². The van der Waals surface area contributed by atoms with Crippen LogP contribution in [0.1, 0.15) is 37.0 Å². The predicted molar refractivity (Wildman–Crippen MR) is 75.3 cm³/mol. The first-order valence-electron chi connectivity index (χ1n) is 6.69. The van der Waals surface area contributed by atoms with Gasteiger partial charge >= 0.3 is 5.97 Å². The second-order valence-corrected chi connectivity index (χ2v) is 5.51. The fourth-order valence-corrected chi connectivity index (χ4v) is 2.36. The van der Waals surface area contributed by atoms with Crippen LogP contribution in [0, 0.1) is 16.0 Å². The third-order valence-electron chi connectivity index (χ3n) is 3.28. The number of carboxylic acid groups (broad SMARTS) is 1. The highest BCUT2D eigenvalue weighted by Gasteiger charge is 2.36. The summed E-state index contributed by atoms with van der Waals surface area (Å²) in [5.74, 6) is -0.824. The number of hydrogen-bond donors (Lipinski definition) is 1. The maximum atomic E-state index is 11.4. The normalized spacial score (nSPS) is 14.3. The first-order valence-corrected chi connectivity index (χ1v) is 6.69. The highest BCUT2D eigenvalue weighted by Crippen LogP contribution is 2.39. The van der Waals surface area contributed by atoms with Crippen LogP contribution in [0.3, 0.4) is 0 Å². The van der Waals surface area contributed by atoms with Crippen LogP contribution in [0.15, 0.2) is 18.2 Å². The Bertz CT molecular complexity index is 506. The van der Waals surface area contributed by atoms with Crippen LogP contribution in [0.5, 0.6) is 0 Å². The van der Waals surface area contributed by atoms with E-state index in [2.05, 4.69) is 0 Å². The molecular formula is C14H18N2O4. The summed E-state index contributed by atoms with van der Waals surface area (Å²) < 4.78 is 0. The number of rotatable bonds is 6. The quantitative estimate of drug-likeness (QED) is 0.639. The maximum absolute atomic E-state index is 11.4. The van der Waals surface area contributed by atoms with Gasteiger partial charge in [-0.15, -0.1) is 0 Å². The number of para-hydroxylation sites is 1. The number of aromatic carboxylic acids is 1. The minimum absolute atomic E-state index is 0.00625. The molecule has 1 saturated carbocycles. The summed E-state index contributed by atoms with van der Waals surface area (Å²) >= 11 is 0. The fourth-order valence-electron chi connectivity index (χ4n) is 2.36. The standard InChI is InChI=1S/C14H18N2O4/c1-9(2)8-15(10-6-7-10)13-11(14(17)18)4-3-5-12(13)16(19)20/h3-5,9-10H,6-8H2,1-2H3,(H,17,18). The first kappa shape index (κ1) is 14.3. The van der Waals surface area contributed by atoms with Gasteiger partial charge in [0.05, 0.1) is 10.5 Å². The Labute approximate surface area is 117 Å². The van der Waals surface area contributed by atoms with Gasteiger partial charge in [0, 0.05) is 18.7 Å². The van der Waals surface area contributed by atoms with E-state index in [0.717, 1.165) is 12.8 Å². The minimum atomic E-state index is -1.13. The molecule has 0 saturated heterocycles. The largest absolute Gasteiger partial charge is 0.478 e. The van der Waals surface area contributed by atoms with Crippen molar-refractivity contribution in [1.29, 1.82) is 0 Å². The molecule has 1 aromatic carbocycles. The van der Waals surface area contributed by atoms with Crippen molar-refractivity contribution < 1.29 is 14.8 Å². The molecule has 0 aromatic heterocycles. The monoisotopic (exact) mass is 278 g/mol. The third kappa shape index (κ3) is 2.89. The van der Waals surface area contributed by atoms with Gasteiger partial charge in [-0.2, -0.15) is 0 Å². The van der Waals surface area contributed by atoms with Crippen LogP contribution in [0.25, 0.3) is 0 Å². The molecule has 0 heterocycles. The zero-order valence-corrected chi connectivity index (χ0v) is 11.6. The molecule has 6 nitrogen and oxygen atoms in total. The van der Waals surface area contributed by atoms with Crippen LogP contribution in [0.4, 0.5) is 11.4 Å². The highest BCUT2D eigenvalue weighted by atomic mass is 16.6. The number of nitrogens with zero attached hydrogens (tertiary/aromatic N) is 2. The number of carbonyl (C=O) groups is 1. The molecule has 6 heteroatoms. The number of carboxylic acids is 1. The molecule has 0 bridgehead atoms. The summed E-state index contributed by atoms with van der Waals surface area (Å²) in [6, 6.07) is 4.44. The zero-order chi connectivity index (χ0) is 14.9. The molecule has 0 radical (unpaired) electrons. The van der Waals surface area contributed by atoms with E-state index in [9.17, 15) is 20.0 Å².